The molecular formula is C26H26N4O3. The second-order valence-electron chi connectivity index (χ2n) is 7.95. The van der Waals surface area contributed by atoms with E-state index in [4.69, 9.17) is 20.2 Å². The predicted molar refractivity (Wildman–Crippen MR) is 127 cm³/mol. The molecule has 2 N–H and O–H groups in total. The molecule has 1 heterocycles. The number of carbonyl (C=O) groups is 1. The molecule has 0 radical (unpaired) electrons. The lowest BCUT2D eigenvalue weighted by Gasteiger charge is -2.15. The summed E-state index contributed by atoms with van der Waals surface area (Å²) in [6, 6.07) is 18.6. The molecule has 0 aliphatic heterocycles. The smallest absolute Gasteiger partial charge is 0.232 e. The van der Waals surface area contributed by atoms with Gasteiger partial charge in [0.15, 0.2) is 5.84 Å². The summed E-state index contributed by atoms with van der Waals surface area (Å²) in [5.74, 6) is 1.05. The van der Waals surface area contributed by atoms with Gasteiger partial charge in [0, 0.05) is 12.3 Å². The van der Waals surface area contributed by atoms with Gasteiger partial charge in [-0.05, 0) is 36.6 Å². The number of nitrogens with two attached hydrogens (primary N) is 1. The largest absolute Gasteiger partial charge is 0.496 e. The predicted octanol–water partition coefficient (Wildman–Crippen LogP) is 4.60. The molecule has 0 unspecified atom stereocenters. The molecule has 3 aromatic rings. The number of ether oxygens (including phenoxy) is 2. The summed E-state index contributed by atoms with van der Waals surface area (Å²) in [4.78, 5) is 18.4. The van der Waals surface area contributed by atoms with Crippen molar-refractivity contribution < 1.29 is 14.3 Å². The number of aromatic nitrogens is 1. The second-order valence-corrected chi connectivity index (χ2v) is 7.95. The van der Waals surface area contributed by atoms with Crippen LogP contribution in [0.3, 0.4) is 0 Å². The van der Waals surface area contributed by atoms with E-state index in [1.807, 2.05) is 36.4 Å². The van der Waals surface area contributed by atoms with Crippen molar-refractivity contribution in [2.45, 2.75) is 38.3 Å². The van der Waals surface area contributed by atoms with Gasteiger partial charge in [0.05, 0.1) is 24.3 Å². The fourth-order valence-electron chi connectivity index (χ4n) is 3.97. The first-order valence-electron chi connectivity index (χ1n) is 10.9. The fourth-order valence-corrected chi connectivity index (χ4v) is 3.97. The van der Waals surface area contributed by atoms with E-state index >= 15 is 0 Å². The van der Waals surface area contributed by atoms with E-state index in [1.54, 1.807) is 30.5 Å². The summed E-state index contributed by atoms with van der Waals surface area (Å²) in [6.07, 6.45) is 5.62. The van der Waals surface area contributed by atoms with Crippen LogP contribution in [0.25, 0.3) is 0 Å². The molecule has 0 saturated heterocycles. The number of hydrogen-bond donors (Lipinski definition) is 1. The monoisotopic (exact) mass is 442 g/mol. The number of aliphatic imine (C=N–C) groups is 1. The highest BCUT2D eigenvalue weighted by Gasteiger charge is 2.25. The lowest BCUT2D eigenvalue weighted by Crippen LogP contribution is -2.26. The lowest BCUT2D eigenvalue weighted by atomic mass is 10.1. The van der Waals surface area contributed by atoms with Crippen LogP contribution in [0, 0.1) is 11.3 Å². The summed E-state index contributed by atoms with van der Waals surface area (Å²) in [5.41, 5.74) is 7.85. The number of rotatable bonds is 7. The third-order valence-electron chi connectivity index (χ3n) is 5.77. The SMILES string of the molecule is COc1cc(OCc2ccccc2)ccc1C(=O)/C(=N/C1CCCC1)n1ccc(C#N)c1N. The molecule has 1 aromatic heterocycles. The van der Waals surface area contributed by atoms with Crippen LogP contribution >= 0.6 is 0 Å². The zero-order chi connectivity index (χ0) is 23.2. The van der Waals surface area contributed by atoms with Gasteiger partial charge in [-0.15, -0.1) is 0 Å². The van der Waals surface area contributed by atoms with Crippen LogP contribution in [0.15, 0.2) is 65.8 Å². The van der Waals surface area contributed by atoms with Gasteiger partial charge < -0.3 is 15.2 Å². The van der Waals surface area contributed by atoms with E-state index in [0.29, 0.717) is 29.2 Å². The Morgan fingerprint density at radius 3 is 2.61 bits per heavy atom. The van der Waals surface area contributed by atoms with Crippen molar-refractivity contribution in [3.05, 3.63) is 77.5 Å². The number of benzene rings is 2. The van der Waals surface area contributed by atoms with E-state index in [0.717, 1.165) is 31.2 Å². The van der Waals surface area contributed by atoms with E-state index in [9.17, 15) is 10.1 Å². The maximum Gasteiger partial charge on any atom is 0.232 e. The molecule has 0 spiro atoms. The summed E-state index contributed by atoms with van der Waals surface area (Å²) >= 11 is 0. The third-order valence-corrected chi connectivity index (χ3v) is 5.77. The quantitative estimate of drug-likeness (QED) is 0.327. The topological polar surface area (TPSA) is 103 Å². The Morgan fingerprint density at radius 2 is 1.94 bits per heavy atom. The Labute approximate surface area is 193 Å². The van der Waals surface area contributed by atoms with Crippen molar-refractivity contribution in [3.8, 4) is 17.6 Å². The van der Waals surface area contributed by atoms with Crippen molar-refractivity contribution in [2.24, 2.45) is 4.99 Å². The van der Waals surface area contributed by atoms with Crippen molar-refractivity contribution in [1.29, 1.82) is 5.26 Å². The lowest BCUT2D eigenvalue weighted by molar-refractivity contribution is 0.105. The highest BCUT2D eigenvalue weighted by Crippen LogP contribution is 2.28. The molecule has 2 aromatic carbocycles. The standard InChI is InChI=1S/C26H26N4O3/c1-32-23-15-21(33-17-18-7-3-2-4-8-18)11-12-22(23)24(31)26(29-20-9-5-6-10-20)30-14-13-19(16-27)25(30)28/h2-4,7-8,11-15,20H,5-6,9-10,17,28H2,1H3/b29-26-. The molecule has 1 aliphatic carbocycles. The minimum Gasteiger partial charge on any atom is -0.496 e. The molecular weight excluding hydrogens is 416 g/mol. The third kappa shape index (κ3) is 4.90. The van der Waals surface area contributed by atoms with Crippen LogP contribution in [0.5, 0.6) is 11.5 Å². The summed E-state index contributed by atoms with van der Waals surface area (Å²) in [5, 5.41) is 9.30. The Hall–Kier alpha value is -4.05. The molecule has 33 heavy (non-hydrogen) atoms. The van der Waals surface area contributed by atoms with Gasteiger partial charge in [-0.1, -0.05) is 43.2 Å². The van der Waals surface area contributed by atoms with Gasteiger partial charge in [0.1, 0.15) is 30.0 Å². The number of hydrogen-bond acceptors (Lipinski definition) is 6. The minimum atomic E-state index is -0.319. The summed E-state index contributed by atoms with van der Waals surface area (Å²) in [7, 11) is 1.51. The van der Waals surface area contributed by atoms with E-state index in [-0.39, 0.29) is 23.5 Å². The molecule has 0 amide bonds. The number of nitrogens with zero attached hydrogens (tertiary/aromatic N) is 3. The number of nitrogen functional groups attached to an aromatic ring is 1. The van der Waals surface area contributed by atoms with Crippen LogP contribution in [0.1, 0.15) is 47.2 Å². The maximum atomic E-state index is 13.6. The highest BCUT2D eigenvalue weighted by atomic mass is 16.5. The maximum absolute atomic E-state index is 13.6. The van der Waals surface area contributed by atoms with Crippen molar-refractivity contribution in [2.75, 3.05) is 12.8 Å². The molecule has 168 valence electrons. The minimum absolute atomic E-state index is 0.0516. The molecule has 0 atom stereocenters. The van der Waals surface area contributed by atoms with E-state index < -0.39 is 0 Å². The second kappa shape index (κ2) is 10.0. The van der Waals surface area contributed by atoms with Crippen LogP contribution in [-0.4, -0.2) is 29.3 Å². The van der Waals surface area contributed by atoms with E-state index in [2.05, 4.69) is 0 Å². The summed E-state index contributed by atoms with van der Waals surface area (Å²) in [6.45, 7) is 0.405. The van der Waals surface area contributed by atoms with Gasteiger partial charge in [-0.3, -0.25) is 14.4 Å². The van der Waals surface area contributed by atoms with Crippen LogP contribution in [-0.2, 0) is 6.61 Å². The number of ketones is 1. The van der Waals surface area contributed by atoms with Crippen molar-refractivity contribution >= 4 is 17.4 Å². The number of nitriles is 1. The first-order chi connectivity index (χ1) is 16.1. The van der Waals surface area contributed by atoms with Gasteiger partial charge >= 0.3 is 0 Å². The highest BCUT2D eigenvalue weighted by molar-refractivity contribution is 6.46. The zero-order valence-corrected chi connectivity index (χ0v) is 18.5. The number of methoxy groups -OCH3 is 1. The molecule has 1 saturated carbocycles. The normalized spacial score (nSPS) is 14.1. The van der Waals surface area contributed by atoms with Crippen molar-refractivity contribution in [1.82, 2.24) is 4.57 Å². The Kier molecular flexibility index (Phi) is 6.75. The van der Waals surface area contributed by atoms with Crippen LogP contribution in [0.4, 0.5) is 5.82 Å². The Morgan fingerprint density at radius 1 is 1.18 bits per heavy atom. The van der Waals surface area contributed by atoms with E-state index in [1.165, 1.54) is 11.7 Å². The number of carbonyl (C=O) groups excluding carboxylic acids is 1. The number of anilines is 1. The molecule has 7 nitrogen and oxygen atoms in total. The first kappa shape index (κ1) is 22.2. The Bertz CT molecular complexity index is 1200. The van der Waals surface area contributed by atoms with Gasteiger partial charge in [0.25, 0.3) is 0 Å². The van der Waals surface area contributed by atoms with Crippen molar-refractivity contribution in [3.63, 3.8) is 0 Å². The molecule has 1 aliphatic rings. The Balaban J connectivity index is 1.65. The van der Waals surface area contributed by atoms with Gasteiger partial charge in [-0.25, -0.2) is 0 Å². The molecule has 0 bridgehead atoms. The summed E-state index contributed by atoms with van der Waals surface area (Å²) < 4.78 is 12.9. The van der Waals surface area contributed by atoms with Crippen LogP contribution in [0.2, 0.25) is 0 Å². The first-order valence-corrected chi connectivity index (χ1v) is 10.9. The molecule has 1 fully saturated rings. The van der Waals surface area contributed by atoms with Gasteiger partial charge in [-0.2, -0.15) is 5.26 Å². The van der Waals surface area contributed by atoms with Crippen LogP contribution < -0.4 is 15.2 Å². The molecule has 7 heteroatoms. The molecule has 4 rings (SSSR count). The average Bonchev–Trinajstić information content (AvgIpc) is 3.50. The zero-order valence-electron chi connectivity index (χ0n) is 18.5. The number of Topliss-reactive ketones (excluding diaryl/α,β-unsaturated/α-hetero) is 1. The van der Waals surface area contributed by atoms with Gasteiger partial charge in [0.2, 0.25) is 5.78 Å². The average molecular weight is 443 g/mol. The fraction of sp³-hybridized carbons (Fsp3) is 0.269.